The molecular weight excluding hydrogens is 330 g/mol. The van der Waals surface area contributed by atoms with Crippen LogP contribution in [0.25, 0.3) is 0 Å². The summed E-state index contributed by atoms with van der Waals surface area (Å²) in [6.45, 7) is 5.91. The first-order valence-corrected chi connectivity index (χ1v) is 7.77. The third-order valence-corrected chi connectivity index (χ3v) is 4.25. The van der Waals surface area contributed by atoms with Crippen LogP contribution in [0.15, 0.2) is 34.9 Å². The highest BCUT2D eigenvalue weighted by Gasteiger charge is 2.20. The second-order valence-electron chi connectivity index (χ2n) is 5.21. The molecule has 1 saturated heterocycles. The lowest BCUT2D eigenvalue weighted by Crippen LogP contribution is -2.47. The number of rotatable bonds is 2. The summed E-state index contributed by atoms with van der Waals surface area (Å²) in [6, 6.07) is 8.63. The number of nitrogen functional groups attached to an aromatic ring is 1. The summed E-state index contributed by atoms with van der Waals surface area (Å²) >= 11 is 3.50. The highest BCUT2D eigenvalue weighted by atomic mass is 79.9. The fraction of sp³-hybridized carbons (Fsp3) is 0.333. The van der Waals surface area contributed by atoms with Crippen LogP contribution in [0.2, 0.25) is 0 Å². The number of aromatic nitrogens is 2. The van der Waals surface area contributed by atoms with Gasteiger partial charge in [0.1, 0.15) is 5.82 Å². The summed E-state index contributed by atoms with van der Waals surface area (Å²) in [5.74, 6) is 1.20. The van der Waals surface area contributed by atoms with E-state index in [0.717, 1.165) is 36.5 Å². The predicted octanol–water partition coefficient (Wildman–Crippen LogP) is 2.46. The van der Waals surface area contributed by atoms with E-state index in [1.807, 2.05) is 0 Å². The minimum absolute atomic E-state index is 0.314. The van der Waals surface area contributed by atoms with Crippen LogP contribution in [-0.4, -0.2) is 36.1 Å². The Balaban J connectivity index is 1.72. The Kier molecular flexibility index (Phi) is 3.96. The second kappa shape index (κ2) is 5.89. The van der Waals surface area contributed by atoms with Crippen molar-refractivity contribution < 1.29 is 0 Å². The minimum Gasteiger partial charge on any atom is -0.368 e. The van der Waals surface area contributed by atoms with Crippen LogP contribution in [0, 0.1) is 6.92 Å². The molecule has 0 bridgehead atoms. The summed E-state index contributed by atoms with van der Waals surface area (Å²) < 4.78 is 0.890. The van der Waals surface area contributed by atoms with E-state index in [0.29, 0.717) is 5.95 Å². The topological polar surface area (TPSA) is 58.3 Å². The Morgan fingerprint density at radius 1 is 1.14 bits per heavy atom. The third kappa shape index (κ3) is 3.10. The largest absolute Gasteiger partial charge is 0.368 e. The van der Waals surface area contributed by atoms with Gasteiger partial charge in [0.25, 0.3) is 0 Å². The van der Waals surface area contributed by atoms with Crippen molar-refractivity contribution in [3.8, 4) is 0 Å². The first-order valence-electron chi connectivity index (χ1n) is 6.98. The summed E-state index contributed by atoms with van der Waals surface area (Å²) in [5, 5.41) is 0. The van der Waals surface area contributed by atoms with Crippen molar-refractivity contribution in [2.24, 2.45) is 0 Å². The van der Waals surface area contributed by atoms with E-state index >= 15 is 0 Å². The van der Waals surface area contributed by atoms with E-state index < -0.39 is 0 Å². The number of halogens is 1. The third-order valence-electron chi connectivity index (χ3n) is 3.69. The van der Waals surface area contributed by atoms with Crippen LogP contribution in [-0.2, 0) is 0 Å². The maximum atomic E-state index is 5.69. The number of anilines is 3. The molecule has 6 heteroatoms. The second-order valence-corrected chi connectivity index (χ2v) is 6.07. The molecule has 0 amide bonds. The number of hydrogen-bond acceptors (Lipinski definition) is 5. The molecule has 0 saturated carbocycles. The zero-order valence-electron chi connectivity index (χ0n) is 12.0. The van der Waals surface area contributed by atoms with Crippen molar-refractivity contribution in [3.63, 3.8) is 0 Å². The molecule has 0 atom stereocenters. The lowest BCUT2D eigenvalue weighted by atomic mass is 10.2. The Bertz CT molecular complexity index is 638. The molecule has 0 aliphatic carbocycles. The SMILES string of the molecule is Cc1cccc(N2CCN(c3nc(N)ncc3Br)CC2)c1. The molecule has 1 fully saturated rings. The molecule has 3 rings (SSSR count). The molecular formula is C15H18BrN5. The molecule has 1 aliphatic rings. The highest BCUT2D eigenvalue weighted by Crippen LogP contribution is 2.26. The minimum atomic E-state index is 0.314. The molecule has 0 radical (unpaired) electrons. The predicted molar refractivity (Wildman–Crippen MR) is 89.7 cm³/mol. The highest BCUT2D eigenvalue weighted by molar-refractivity contribution is 9.10. The standard InChI is InChI=1S/C15H18BrN5/c1-11-3-2-4-12(9-11)20-5-7-21(8-6-20)14-13(16)10-18-15(17)19-14/h2-4,9-10H,5-8H2,1H3,(H2,17,18,19). The van der Waals surface area contributed by atoms with Crippen LogP contribution in [0.3, 0.4) is 0 Å². The molecule has 2 N–H and O–H groups in total. The molecule has 1 aromatic carbocycles. The van der Waals surface area contributed by atoms with E-state index in [2.05, 4.69) is 66.9 Å². The van der Waals surface area contributed by atoms with E-state index in [4.69, 9.17) is 5.73 Å². The molecule has 5 nitrogen and oxygen atoms in total. The Morgan fingerprint density at radius 2 is 1.86 bits per heavy atom. The molecule has 0 unspecified atom stereocenters. The molecule has 21 heavy (non-hydrogen) atoms. The average molecular weight is 348 g/mol. The number of hydrogen-bond donors (Lipinski definition) is 1. The summed E-state index contributed by atoms with van der Waals surface area (Å²) in [6.07, 6.45) is 1.71. The molecule has 110 valence electrons. The van der Waals surface area contributed by atoms with Gasteiger partial charge in [-0.05, 0) is 40.5 Å². The first kappa shape index (κ1) is 14.1. The lowest BCUT2D eigenvalue weighted by molar-refractivity contribution is 0.646. The smallest absolute Gasteiger partial charge is 0.222 e. The van der Waals surface area contributed by atoms with Crippen molar-refractivity contribution in [1.82, 2.24) is 9.97 Å². The van der Waals surface area contributed by atoms with Crippen molar-refractivity contribution in [3.05, 3.63) is 40.5 Å². The Hall–Kier alpha value is -1.82. The van der Waals surface area contributed by atoms with Crippen molar-refractivity contribution in [2.75, 3.05) is 41.7 Å². The van der Waals surface area contributed by atoms with Crippen molar-refractivity contribution in [1.29, 1.82) is 0 Å². The van der Waals surface area contributed by atoms with E-state index in [9.17, 15) is 0 Å². The number of nitrogens with zero attached hydrogens (tertiary/aromatic N) is 4. The Labute approximate surface area is 132 Å². The lowest BCUT2D eigenvalue weighted by Gasteiger charge is -2.37. The molecule has 1 aliphatic heterocycles. The van der Waals surface area contributed by atoms with Crippen LogP contribution in [0.5, 0.6) is 0 Å². The summed E-state index contributed by atoms with van der Waals surface area (Å²) in [7, 11) is 0. The van der Waals surface area contributed by atoms with Crippen LogP contribution < -0.4 is 15.5 Å². The average Bonchev–Trinajstić information content (AvgIpc) is 2.50. The van der Waals surface area contributed by atoms with Gasteiger partial charge in [0.2, 0.25) is 5.95 Å². The van der Waals surface area contributed by atoms with Gasteiger partial charge >= 0.3 is 0 Å². The molecule has 2 heterocycles. The fourth-order valence-electron chi connectivity index (χ4n) is 2.59. The van der Waals surface area contributed by atoms with Gasteiger partial charge < -0.3 is 15.5 Å². The zero-order chi connectivity index (χ0) is 14.8. The van der Waals surface area contributed by atoms with Gasteiger partial charge in [-0.2, -0.15) is 4.98 Å². The maximum Gasteiger partial charge on any atom is 0.222 e. The molecule has 1 aromatic heterocycles. The van der Waals surface area contributed by atoms with Gasteiger partial charge in [-0.1, -0.05) is 12.1 Å². The molecule has 2 aromatic rings. The number of aryl methyl sites for hydroxylation is 1. The molecule has 0 spiro atoms. The first-order chi connectivity index (χ1) is 10.1. The monoisotopic (exact) mass is 347 g/mol. The number of nitrogens with two attached hydrogens (primary N) is 1. The quantitative estimate of drug-likeness (QED) is 0.904. The van der Waals surface area contributed by atoms with Crippen molar-refractivity contribution in [2.45, 2.75) is 6.92 Å². The van der Waals surface area contributed by atoms with Gasteiger partial charge in [0.15, 0.2) is 0 Å². The Morgan fingerprint density at radius 3 is 2.57 bits per heavy atom. The van der Waals surface area contributed by atoms with E-state index in [-0.39, 0.29) is 0 Å². The van der Waals surface area contributed by atoms with Crippen LogP contribution >= 0.6 is 15.9 Å². The fourth-order valence-corrected chi connectivity index (χ4v) is 3.04. The van der Waals surface area contributed by atoms with Gasteiger partial charge in [0.05, 0.1) is 4.47 Å². The van der Waals surface area contributed by atoms with Crippen molar-refractivity contribution >= 4 is 33.4 Å². The maximum absolute atomic E-state index is 5.69. The normalized spacial score (nSPS) is 15.3. The summed E-state index contributed by atoms with van der Waals surface area (Å²) in [4.78, 5) is 13.0. The van der Waals surface area contributed by atoms with Gasteiger partial charge in [-0.25, -0.2) is 4.98 Å². The van der Waals surface area contributed by atoms with Gasteiger partial charge in [0, 0.05) is 38.1 Å². The zero-order valence-corrected chi connectivity index (χ0v) is 13.5. The van der Waals surface area contributed by atoms with E-state index in [1.165, 1.54) is 11.3 Å². The van der Waals surface area contributed by atoms with Gasteiger partial charge in [-0.3, -0.25) is 0 Å². The number of benzene rings is 1. The number of piperazine rings is 1. The van der Waals surface area contributed by atoms with Crippen LogP contribution in [0.4, 0.5) is 17.5 Å². The summed E-state index contributed by atoms with van der Waals surface area (Å²) in [5.41, 5.74) is 8.27. The van der Waals surface area contributed by atoms with E-state index in [1.54, 1.807) is 6.20 Å². The van der Waals surface area contributed by atoms with Gasteiger partial charge in [-0.15, -0.1) is 0 Å². The van der Waals surface area contributed by atoms with Crippen LogP contribution in [0.1, 0.15) is 5.56 Å².